The Morgan fingerprint density at radius 3 is 2.95 bits per heavy atom. The molecule has 2 aromatic rings. The third-order valence-electron chi connectivity index (χ3n) is 3.36. The molecule has 3 rings (SSSR count). The van der Waals surface area contributed by atoms with E-state index in [9.17, 15) is 0 Å². The van der Waals surface area contributed by atoms with E-state index in [4.69, 9.17) is 10.00 Å². The van der Waals surface area contributed by atoms with Crippen molar-refractivity contribution in [2.45, 2.75) is 10.9 Å². The Morgan fingerprint density at radius 1 is 1.30 bits per heavy atom. The van der Waals surface area contributed by atoms with Gasteiger partial charge in [-0.1, -0.05) is 18.2 Å². The van der Waals surface area contributed by atoms with Gasteiger partial charge in [-0.25, -0.2) is 0 Å². The molecule has 1 atom stereocenters. The lowest BCUT2D eigenvalue weighted by Gasteiger charge is -2.17. The van der Waals surface area contributed by atoms with Gasteiger partial charge in [0, 0.05) is 16.7 Å². The first kappa shape index (κ1) is 12.9. The molecule has 1 unspecified atom stereocenters. The second-order valence-electron chi connectivity index (χ2n) is 4.57. The maximum absolute atomic E-state index is 8.93. The van der Waals surface area contributed by atoms with Crippen LogP contribution >= 0.6 is 11.8 Å². The largest absolute Gasteiger partial charge is 0.495 e. The molecule has 0 saturated heterocycles. The minimum atomic E-state index is 0.276. The topological polar surface area (TPSA) is 45.0 Å². The first-order chi connectivity index (χ1) is 9.81. The van der Waals surface area contributed by atoms with Crippen LogP contribution in [0.3, 0.4) is 0 Å². The second-order valence-corrected chi connectivity index (χ2v) is 5.63. The molecule has 0 spiro atoms. The van der Waals surface area contributed by atoms with Crippen LogP contribution in [0.15, 0.2) is 47.4 Å². The number of fused-ring (bicyclic) bond motifs is 1. The van der Waals surface area contributed by atoms with Gasteiger partial charge in [0.2, 0.25) is 0 Å². The van der Waals surface area contributed by atoms with Crippen molar-refractivity contribution in [2.75, 3.05) is 18.2 Å². The number of nitriles is 1. The number of anilines is 1. The summed E-state index contributed by atoms with van der Waals surface area (Å²) in [5.41, 5.74) is 2.85. The summed E-state index contributed by atoms with van der Waals surface area (Å²) >= 11 is 1.86. The van der Waals surface area contributed by atoms with Crippen molar-refractivity contribution in [3.63, 3.8) is 0 Å². The number of benzene rings is 2. The number of rotatable bonds is 3. The molecule has 3 nitrogen and oxygen atoms in total. The predicted molar refractivity (Wildman–Crippen MR) is 81.2 cm³/mol. The fourth-order valence-electron chi connectivity index (χ4n) is 2.35. The van der Waals surface area contributed by atoms with E-state index in [1.807, 2.05) is 17.8 Å². The molecule has 0 radical (unpaired) electrons. The fraction of sp³-hybridized carbons (Fsp3) is 0.188. The molecule has 20 heavy (non-hydrogen) atoms. The maximum Gasteiger partial charge on any atom is 0.143 e. The number of hydrogen-bond donors (Lipinski definition) is 1. The first-order valence-electron chi connectivity index (χ1n) is 6.38. The van der Waals surface area contributed by atoms with Gasteiger partial charge in [-0.05, 0) is 23.8 Å². The number of methoxy groups -OCH3 is 1. The van der Waals surface area contributed by atoms with Gasteiger partial charge in [-0.15, -0.1) is 11.8 Å². The minimum absolute atomic E-state index is 0.276. The summed E-state index contributed by atoms with van der Waals surface area (Å²) in [5.74, 6) is 1.71. The van der Waals surface area contributed by atoms with Crippen molar-refractivity contribution in [2.24, 2.45) is 0 Å². The van der Waals surface area contributed by atoms with Crippen LogP contribution in [0.1, 0.15) is 17.2 Å². The molecular weight excluding hydrogens is 268 g/mol. The average molecular weight is 282 g/mol. The molecule has 0 saturated carbocycles. The lowest BCUT2D eigenvalue weighted by Crippen LogP contribution is -2.10. The summed E-state index contributed by atoms with van der Waals surface area (Å²) in [6.07, 6.45) is 0. The van der Waals surface area contributed by atoms with Crippen LogP contribution in [-0.2, 0) is 0 Å². The standard InChI is InChI=1S/C16H14N2OS/c1-19-15-8-11(9-17)6-7-13(15)18-14-10-20-16-5-3-2-4-12(14)16/h2-8,14,18H,10H2,1H3. The first-order valence-corrected chi connectivity index (χ1v) is 7.37. The monoisotopic (exact) mass is 282 g/mol. The molecule has 0 fully saturated rings. The Morgan fingerprint density at radius 2 is 2.15 bits per heavy atom. The van der Waals surface area contributed by atoms with Crippen molar-refractivity contribution in [3.05, 3.63) is 53.6 Å². The van der Waals surface area contributed by atoms with Gasteiger partial charge < -0.3 is 10.1 Å². The maximum atomic E-state index is 8.93. The van der Waals surface area contributed by atoms with Crippen molar-refractivity contribution < 1.29 is 4.74 Å². The third kappa shape index (κ3) is 2.33. The summed E-state index contributed by atoms with van der Waals surface area (Å²) in [5, 5.41) is 12.4. The number of thioether (sulfide) groups is 1. The summed E-state index contributed by atoms with van der Waals surface area (Å²) in [4.78, 5) is 1.33. The van der Waals surface area contributed by atoms with Crippen LogP contribution in [-0.4, -0.2) is 12.9 Å². The van der Waals surface area contributed by atoms with E-state index in [0.717, 1.165) is 11.4 Å². The third-order valence-corrected chi connectivity index (χ3v) is 4.54. The van der Waals surface area contributed by atoms with Crippen molar-refractivity contribution >= 4 is 17.4 Å². The molecule has 0 amide bonds. The SMILES string of the molecule is COc1cc(C#N)ccc1NC1CSc2ccccc21. The van der Waals surface area contributed by atoms with E-state index >= 15 is 0 Å². The molecule has 0 aliphatic carbocycles. The van der Waals surface area contributed by atoms with Gasteiger partial charge in [0.05, 0.1) is 30.5 Å². The molecule has 1 N–H and O–H groups in total. The van der Waals surface area contributed by atoms with Crippen LogP contribution in [0, 0.1) is 11.3 Å². The molecule has 100 valence electrons. The minimum Gasteiger partial charge on any atom is -0.495 e. The molecule has 2 aromatic carbocycles. The Kier molecular flexibility index (Phi) is 3.53. The van der Waals surface area contributed by atoms with Gasteiger partial charge in [0.25, 0.3) is 0 Å². The number of nitrogens with one attached hydrogen (secondary N) is 1. The smallest absolute Gasteiger partial charge is 0.143 e. The van der Waals surface area contributed by atoms with Crippen LogP contribution in [0.4, 0.5) is 5.69 Å². The lowest BCUT2D eigenvalue weighted by molar-refractivity contribution is 0.416. The Balaban J connectivity index is 1.88. The molecule has 1 aliphatic rings. The van der Waals surface area contributed by atoms with E-state index in [1.165, 1.54) is 10.5 Å². The molecule has 1 aliphatic heterocycles. The highest BCUT2D eigenvalue weighted by molar-refractivity contribution is 7.99. The fourth-order valence-corrected chi connectivity index (χ4v) is 3.51. The zero-order valence-corrected chi connectivity index (χ0v) is 11.9. The summed E-state index contributed by atoms with van der Waals surface area (Å²) < 4.78 is 5.37. The van der Waals surface area contributed by atoms with Crippen LogP contribution in [0.2, 0.25) is 0 Å². The average Bonchev–Trinajstić information content (AvgIpc) is 2.91. The Hall–Kier alpha value is -2.12. The number of hydrogen-bond acceptors (Lipinski definition) is 4. The van der Waals surface area contributed by atoms with Crippen LogP contribution < -0.4 is 10.1 Å². The molecule has 0 bridgehead atoms. The zero-order valence-electron chi connectivity index (χ0n) is 11.1. The Bertz CT molecular complexity index is 678. The zero-order chi connectivity index (χ0) is 13.9. The van der Waals surface area contributed by atoms with E-state index in [0.29, 0.717) is 11.3 Å². The van der Waals surface area contributed by atoms with E-state index in [1.54, 1.807) is 19.2 Å². The summed E-state index contributed by atoms with van der Waals surface area (Å²) in [7, 11) is 1.62. The quantitative estimate of drug-likeness (QED) is 0.929. The van der Waals surface area contributed by atoms with Gasteiger partial charge in [-0.2, -0.15) is 5.26 Å². The highest BCUT2D eigenvalue weighted by Gasteiger charge is 2.23. The van der Waals surface area contributed by atoms with Crippen LogP contribution in [0.25, 0.3) is 0 Å². The molecule has 1 heterocycles. The van der Waals surface area contributed by atoms with E-state index in [-0.39, 0.29) is 6.04 Å². The van der Waals surface area contributed by atoms with Gasteiger partial charge in [0.15, 0.2) is 0 Å². The highest BCUT2D eigenvalue weighted by Crippen LogP contribution is 2.40. The van der Waals surface area contributed by atoms with Gasteiger partial charge in [0.1, 0.15) is 5.75 Å². The van der Waals surface area contributed by atoms with E-state index < -0.39 is 0 Å². The summed E-state index contributed by atoms with van der Waals surface area (Å²) in [6, 6.07) is 16.3. The molecule has 4 heteroatoms. The van der Waals surface area contributed by atoms with Crippen LogP contribution in [0.5, 0.6) is 5.75 Å². The number of nitrogens with zero attached hydrogens (tertiary/aromatic N) is 1. The number of ether oxygens (including phenoxy) is 1. The van der Waals surface area contributed by atoms with E-state index in [2.05, 4.69) is 35.7 Å². The normalized spacial score (nSPS) is 16.3. The molecule has 0 aromatic heterocycles. The molecular formula is C16H14N2OS. The Labute approximate surface area is 122 Å². The predicted octanol–water partition coefficient (Wildman–Crippen LogP) is 3.83. The van der Waals surface area contributed by atoms with Crippen molar-refractivity contribution in [3.8, 4) is 11.8 Å². The summed E-state index contributed by atoms with van der Waals surface area (Å²) in [6.45, 7) is 0. The van der Waals surface area contributed by atoms with Crippen molar-refractivity contribution in [1.29, 1.82) is 5.26 Å². The van der Waals surface area contributed by atoms with Gasteiger partial charge in [-0.3, -0.25) is 0 Å². The highest BCUT2D eigenvalue weighted by atomic mass is 32.2. The lowest BCUT2D eigenvalue weighted by atomic mass is 10.1. The second kappa shape index (κ2) is 5.48. The van der Waals surface area contributed by atoms with Crippen molar-refractivity contribution in [1.82, 2.24) is 0 Å². The van der Waals surface area contributed by atoms with Gasteiger partial charge >= 0.3 is 0 Å².